The third-order valence-electron chi connectivity index (χ3n) is 2.74. The van der Waals surface area contributed by atoms with Gasteiger partial charge in [0, 0.05) is 6.42 Å². The normalized spacial score (nSPS) is 14.0. The molecule has 0 radical (unpaired) electrons. The highest BCUT2D eigenvalue weighted by Gasteiger charge is 2.45. The van der Waals surface area contributed by atoms with Gasteiger partial charge in [-0.2, -0.15) is 21.6 Å². The number of hydrogen-bond donors (Lipinski definition) is 1. The predicted octanol–water partition coefficient (Wildman–Crippen LogP) is 3.10. The summed E-state index contributed by atoms with van der Waals surface area (Å²) in [6.45, 7) is 2.05. The molecule has 9 heteroatoms. The highest BCUT2D eigenvalue weighted by molar-refractivity contribution is 7.85. The first-order chi connectivity index (χ1) is 9.56. The van der Waals surface area contributed by atoms with Crippen molar-refractivity contribution in [2.75, 3.05) is 5.75 Å². The molecule has 0 bridgehead atoms. The molecule has 0 saturated heterocycles. The summed E-state index contributed by atoms with van der Waals surface area (Å²) in [6.07, 6.45) is -2.98. The van der Waals surface area contributed by atoms with Crippen LogP contribution in [0, 0.1) is 0 Å². The molecule has 0 aromatic rings. The van der Waals surface area contributed by atoms with Crippen LogP contribution < -0.4 is 0 Å². The van der Waals surface area contributed by atoms with Gasteiger partial charge < -0.3 is 4.74 Å². The highest BCUT2D eigenvalue weighted by Crippen LogP contribution is 2.24. The Morgan fingerprint density at radius 2 is 1.67 bits per heavy atom. The molecule has 0 rings (SSSR count). The molecule has 0 heterocycles. The van der Waals surface area contributed by atoms with Crippen molar-refractivity contribution in [2.45, 2.75) is 64.1 Å². The quantitative estimate of drug-likeness (QED) is 0.377. The van der Waals surface area contributed by atoms with Crippen molar-refractivity contribution in [3.8, 4) is 0 Å². The lowest BCUT2D eigenvalue weighted by molar-refractivity contribution is -0.215. The van der Waals surface area contributed by atoms with Crippen LogP contribution in [0.1, 0.15) is 51.9 Å². The minimum absolute atomic E-state index is 0.204. The van der Waals surface area contributed by atoms with Crippen LogP contribution in [0.3, 0.4) is 0 Å². The van der Waals surface area contributed by atoms with Gasteiger partial charge >= 0.3 is 12.1 Å². The van der Waals surface area contributed by atoms with E-state index in [1.165, 1.54) is 0 Å². The second-order valence-electron chi connectivity index (χ2n) is 4.79. The Labute approximate surface area is 122 Å². The van der Waals surface area contributed by atoms with Gasteiger partial charge in [-0.3, -0.25) is 9.35 Å². The van der Waals surface area contributed by atoms with Crippen molar-refractivity contribution in [2.24, 2.45) is 0 Å². The van der Waals surface area contributed by atoms with E-state index in [1.807, 2.05) is 6.92 Å². The van der Waals surface area contributed by atoms with Crippen molar-refractivity contribution in [3.63, 3.8) is 0 Å². The van der Waals surface area contributed by atoms with E-state index in [1.54, 1.807) is 0 Å². The van der Waals surface area contributed by atoms with Crippen molar-refractivity contribution < 1.29 is 35.7 Å². The Morgan fingerprint density at radius 3 is 2.14 bits per heavy atom. The lowest BCUT2D eigenvalue weighted by Gasteiger charge is -2.19. The van der Waals surface area contributed by atoms with Crippen molar-refractivity contribution >= 4 is 16.1 Å². The summed E-state index contributed by atoms with van der Waals surface area (Å²) in [5.41, 5.74) is 0. The van der Waals surface area contributed by atoms with Crippen LogP contribution in [0.2, 0.25) is 0 Å². The molecule has 0 aliphatic rings. The van der Waals surface area contributed by atoms with Crippen LogP contribution in [0.25, 0.3) is 0 Å². The van der Waals surface area contributed by atoms with Gasteiger partial charge in [0.25, 0.3) is 10.1 Å². The number of carbonyl (C=O) groups is 1. The molecule has 1 unspecified atom stereocenters. The van der Waals surface area contributed by atoms with Gasteiger partial charge in [0.1, 0.15) is 5.75 Å². The lowest BCUT2D eigenvalue weighted by Crippen LogP contribution is -2.39. The van der Waals surface area contributed by atoms with Gasteiger partial charge in [-0.15, -0.1) is 0 Å². The minimum atomic E-state index is -5.04. The second-order valence-corrected chi connectivity index (χ2v) is 6.28. The fraction of sp³-hybridized carbons (Fsp3) is 0.917. The molecular weight excluding hydrogens is 313 g/mol. The molecule has 0 aliphatic heterocycles. The van der Waals surface area contributed by atoms with Crippen LogP contribution >= 0.6 is 0 Å². The maximum Gasteiger partial charge on any atom is 0.426 e. The van der Waals surface area contributed by atoms with Gasteiger partial charge in [-0.05, 0) is 6.42 Å². The molecule has 0 fully saturated rings. The Bertz CT molecular complexity index is 406. The molecule has 0 saturated carbocycles. The van der Waals surface area contributed by atoms with Crippen LogP contribution in [-0.2, 0) is 19.6 Å². The van der Waals surface area contributed by atoms with Crippen LogP contribution in [-0.4, -0.2) is 37.0 Å². The highest BCUT2D eigenvalue weighted by atomic mass is 32.2. The standard InChI is InChI=1S/C12H21F3O5S/c1-2-3-4-5-6-7-8-11(16)20-10(12(13,14)15)9-21(17,18)19/h10H,2-9H2,1H3,(H,17,18,19). The molecule has 1 N–H and O–H groups in total. The van der Waals surface area contributed by atoms with Gasteiger partial charge in [-0.1, -0.05) is 39.0 Å². The molecule has 0 aromatic heterocycles. The smallest absolute Gasteiger partial charge is 0.426 e. The van der Waals surface area contributed by atoms with Crippen molar-refractivity contribution in [1.29, 1.82) is 0 Å². The molecule has 126 valence electrons. The van der Waals surface area contributed by atoms with Crippen LogP contribution in [0.5, 0.6) is 0 Å². The van der Waals surface area contributed by atoms with Crippen LogP contribution in [0.15, 0.2) is 0 Å². The number of hydrogen-bond acceptors (Lipinski definition) is 4. The van der Waals surface area contributed by atoms with E-state index in [0.717, 1.165) is 25.7 Å². The van der Waals surface area contributed by atoms with Gasteiger partial charge in [0.15, 0.2) is 0 Å². The average Bonchev–Trinajstić information content (AvgIpc) is 2.30. The van der Waals surface area contributed by atoms with E-state index in [2.05, 4.69) is 4.74 Å². The molecular formula is C12H21F3O5S. The molecule has 0 aliphatic carbocycles. The zero-order valence-electron chi connectivity index (χ0n) is 11.9. The largest absolute Gasteiger partial charge is 0.451 e. The zero-order chi connectivity index (χ0) is 16.5. The van der Waals surface area contributed by atoms with Gasteiger partial charge in [-0.25, -0.2) is 0 Å². The third-order valence-corrected chi connectivity index (χ3v) is 3.46. The average molecular weight is 334 g/mol. The van der Waals surface area contributed by atoms with Crippen molar-refractivity contribution in [1.82, 2.24) is 0 Å². The minimum Gasteiger partial charge on any atom is -0.451 e. The number of carbonyl (C=O) groups excluding carboxylic acids is 1. The Morgan fingerprint density at radius 1 is 1.14 bits per heavy atom. The van der Waals surface area contributed by atoms with Crippen molar-refractivity contribution in [3.05, 3.63) is 0 Å². The van der Waals surface area contributed by atoms with E-state index in [0.29, 0.717) is 12.8 Å². The lowest BCUT2D eigenvalue weighted by atomic mass is 10.1. The Kier molecular flexibility index (Phi) is 8.88. The first-order valence-electron chi connectivity index (χ1n) is 6.77. The molecule has 0 spiro atoms. The molecule has 1 atom stereocenters. The number of halogens is 3. The summed E-state index contributed by atoms with van der Waals surface area (Å²) >= 11 is 0. The third kappa shape index (κ3) is 11.5. The van der Waals surface area contributed by atoms with Gasteiger partial charge in [0.2, 0.25) is 6.10 Å². The van der Waals surface area contributed by atoms with E-state index < -0.39 is 34.1 Å². The number of unbranched alkanes of at least 4 members (excludes halogenated alkanes) is 5. The van der Waals surface area contributed by atoms with E-state index in [9.17, 15) is 26.4 Å². The second kappa shape index (κ2) is 9.24. The summed E-state index contributed by atoms with van der Waals surface area (Å²) in [7, 11) is -4.88. The SMILES string of the molecule is CCCCCCCCC(=O)OC(CS(=O)(=O)O)C(F)(F)F. The summed E-state index contributed by atoms with van der Waals surface area (Å²) < 4.78 is 71.0. The first kappa shape index (κ1) is 20.2. The van der Waals surface area contributed by atoms with E-state index in [-0.39, 0.29) is 6.42 Å². The Hall–Kier alpha value is -0.830. The maximum absolute atomic E-state index is 12.5. The zero-order valence-corrected chi connectivity index (χ0v) is 12.7. The van der Waals surface area contributed by atoms with E-state index >= 15 is 0 Å². The summed E-state index contributed by atoms with van der Waals surface area (Å²) in [5.74, 6) is -2.80. The molecule has 5 nitrogen and oxygen atoms in total. The number of ether oxygens (including phenoxy) is 1. The summed E-state index contributed by atoms with van der Waals surface area (Å²) in [4.78, 5) is 11.3. The number of alkyl halides is 3. The number of rotatable bonds is 10. The van der Waals surface area contributed by atoms with E-state index in [4.69, 9.17) is 4.55 Å². The molecule has 21 heavy (non-hydrogen) atoms. The van der Waals surface area contributed by atoms with Crippen LogP contribution in [0.4, 0.5) is 13.2 Å². The number of esters is 1. The molecule has 0 amide bonds. The summed E-state index contributed by atoms with van der Waals surface area (Å²) in [6, 6.07) is 0. The fourth-order valence-electron chi connectivity index (χ4n) is 1.65. The summed E-state index contributed by atoms with van der Waals surface area (Å²) in [5, 5.41) is 0. The van der Waals surface area contributed by atoms with Gasteiger partial charge in [0.05, 0.1) is 0 Å². The topological polar surface area (TPSA) is 80.7 Å². The maximum atomic E-state index is 12.5. The fourth-order valence-corrected chi connectivity index (χ4v) is 2.29. The monoisotopic (exact) mass is 334 g/mol. The Balaban J connectivity index is 4.18. The predicted molar refractivity (Wildman–Crippen MR) is 70.3 cm³/mol. The first-order valence-corrected chi connectivity index (χ1v) is 8.38. The molecule has 0 aromatic carbocycles.